The Labute approximate surface area is 173 Å². The van der Waals surface area contributed by atoms with Gasteiger partial charge in [0, 0.05) is 30.1 Å². The summed E-state index contributed by atoms with van der Waals surface area (Å²) in [5.74, 6) is 1.89. The van der Waals surface area contributed by atoms with Gasteiger partial charge in [-0.1, -0.05) is 6.42 Å². The molecule has 0 radical (unpaired) electrons. The van der Waals surface area contributed by atoms with Crippen LogP contribution in [0.3, 0.4) is 0 Å². The number of nitrogens with zero attached hydrogens (tertiary/aromatic N) is 4. The second-order valence-electron chi connectivity index (χ2n) is 8.95. The van der Waals surface area contributed by atoms with Crippen molar-refractivity contribution in [3.8, 4) is 0 Å². The minimum absolute atomic E-state index is 0.342. The number of piperidine rings is 2. The van der Waals surface area contributed by atoms with E-state index in [1.165, 1.54) is 60.9 Å². The lowest BCUT2D eigenvalue weighted by Crippen LogP contribution is -2.42. The highest BCUT2D eigenvalue weighted by Crippen LogP contribution is 2.36. The number of likely N-dealkylation sites (tertiary alicyclic amines) is 1. The Hall–Kier alpha value is -1.24. The molecule has 2 saturated heterocycles. The normalized spacial score (nSPS) is 23.4. The topological polar surface area (TPSA) is 58.3 Å². The van der Waals surface area contributed by atoms with E-state index in [1.807, 2.05) is 0 Å². The molecule has 0 amide bonds. The third-order valence-electron chi connectivity index (χ3n) is 6.99. The van der Waals surface area contributed by atoms with Crippen molar-refractivity contribution >= 4 is 27.4 Å². The lowest BCUT2D eigenvalue weighted by molar-refractivity contribution is 0.162. The Bertz CT molecular complexity index is 796. The highest BCUT2D eigenvalue weighted by atomic mass is 32.1. The van der Waals surface area contributed by atoms with Gasteiger partial charge in [-0.3, -0.25) is 0 Å². The Morgan fingerprint density at radius 3 is 2.64 bits per heavy atom. The van der Waals surface area contributed by atoms with Crippen molar-refractivity contribution < 1.29 is 0 Å². The summed E-state index contributed by atoms with van der Waals surface area (Å²) in [7, 11) is 2.27. The van der Waals surface area contributed by atoms with Crippen LogP contribution < -0.4 is 10.6 Å². The fourth-order valence-electron chi connectivity index (χ4n) is 5.10. The number of aromatic nitrogens is 2. The third kappa shape index (κ3) is 4.19. The number of rotatable bonds is 5. The quantitative estimate of drug-likeness (QED) is 0.817. The van der Waals surface area contributed by atoms with Crippen LogP contribution in [0.1, 0.15) is 55.4 Å². The van der Waals surface area contributed by atoms with Crippen LogP contribution in [0.15, 0.2) is 6.33 Å². The molecule has 154 valence electrons. The van der Waals surface area contributed by atoms with Gasteiger partial charge in [-0.2, -0.15) is 0 Å². The van der Waals surface area contributed by atoms with Crippen LogP contribution in [-0.4, -0.2) is 53.6 Å². The van der Waals surface area contributed by atoms with Gasteiger partial charge in [-0.15, -0.1) is 11.3 Å². The minimum atomic E-state index is 0.342. The van der Waals surface area contributed by atoms with Gasteiger partial charge < -0.3 is 15.5 Å². The van der Waals surface area contributed by atoms with Crippen molar-refractivity contribution in [1.29, 1.82) is 0 Å². The largest absolute Gasteiger partial charge is 0.356 e. The standard InChI is InChI=1S/C22H35N5S/c1-15-16(2)28-22-20(15)21(24-14-25-22)27-10-7-17(8-11-27)12-18(23)13-19-6-4-5-9-26(19)3/h14,17-19H,4-13,23H2,1-3H3. The lowest BCUT2D eigenvalue weighted by Gasteiger charge is -2.37. The summed E-state index contributed by atoms with van der Waals surface area (Å²) >= 11 is 1.78. The van der Waals surface area contributed by atoms with E-state index in [9.17, 15) is 0 Å². The van der Waals surface area contributed by atoms with E-state index in [0.29, 0.717) is 12.1 Å². The zero-order chi connectivity index (χ0) is 19.7. The Balaban J connectivity index is 1.34. The van der Waals surface area contributed by atoms with Gasteiger partial charge in [0.15, 0.2) is 0 Å². The second-order valence-corrected chi connectivity index (χ2v) is 10.2. The van der Waals surface area contributed by atoms with Crippen molar-refractivity contribution in [1.82, 2.24) is 14.9 Å². The molecule has 2 N–H and O–H groups in total. The fraction of sp³-hybridized carbons (Fsp3) is 0.727. The monoisotopic (exact) mass is 401 g/mol. The van der Waals surface area contributed by atoms with Crippen molar-refractivity contribution in [2.45, 2.75) is 70.9 Å². The number of thiophene rings is 1. The summed E-state index contributed by atoms with van der Waals surface area (Å²) in [5, 5.41) is 1.26. The molecule has 0 saturated carbocycles. The number of fused-ring (bicyclic) bond motifs is 1. The van der Waals surface area contributed by atoms with Crippen LogP contribution in [0.2, 0.25) is 0 Å². The molecule has 4 heterocycles. The summed E-state index contributed by atoms with van der Waals surface area (Å²) in [6.45, 7) is 7.80. The van der Waals surface area contributed by atoms with E-state index < -0.39 is 0 Å². The van der Waals surface area contributed by atoms with E-state index >= 15 is 0 Å². The molecule has 4 rings (SSSR count). The zero-order valence-corrected chi connectivity index (χ0v) is 18.5. The summed E-state index contributed by atoms with van der Waals surface area (Å²) in [5.41, 5.74) is 7.92. The third-order valence-corrected chi connectivity index (χ3v) is 8.11. The number of hydrogen-bond acceptors (Lipinski definition) is 6. The summed E-state index contributed by atoms with van der Waals surface area (Å²) in [6, 6.07) is 1.04. The van der Waals surface area contributed by atoms with Crippen LogP contribution in [0.4, 0.5) is 5.82 Å². The van der Waals surface area contributed by atoms with E-state index in [4.69, 9.17) is 5.73 Å². The van der Waals surface area contributed by atoms with Crippen molar-refractivity contribution in [3.63, 3.8) is 0 Å². The van der Waals surface area contributed by atoms with Crippen LogP contribution in [0.25, 0.3) is 10.2 Å². The maximum atomic E-state index is 6.58. The predicted molar refractivity (Wildman–Crippen MR) is 119 cm³/mol. The van der Waals surface area contributed by atoms with E-state index in [1.54, 1.807) is 17.7 Å². The molecule has 2 unspecified atom stereocenters. The summed E-state index contributed by atoms with van der Waals surface area (Å²) < 4.78 is 0. The van der Waals surface area contributed by atoms with E-state index in [-0.39, 0.29) is 0 Å². The van der Waals surface area contributed by atoms with Gasteiger partial charge in [-0.05, 0) is 77.4 Å². The molecule has 2 fully saturated rings. The molecule has 28 heavy (non-hydrogen) atoms. The lowest BCUT2D eigenvalue weighted by atomic mass is 9.87. The second kappa shape index (κ2) is 8.64. The highest BCUT2D eigenvalue weighted by Gasteiger charge is 2.27. The van der Waals surface area contributed by atoms with E-state index in [2.05, 4.69) is 40.7 Å². The molecule has 2 aliphatic heterocycles. The molecule has 2 aromatic heterocycles. The minimum Gasteiger partial charge on any atom is -0.356 e. The molecule has 0 aromatic carbocycles. The maximum Gasteiger partial charge on any atom is 0.141 e. The number of hydrogen-bond donors (Lipinski definition) is 1. The molecule has 5 nitrogen and oxygen atoms in total. The van der Waals surface area contributed by atoms with Crippen molar-refractivity contribution in [2.75, 3.05) is 31.6 Å². The van der Waals surface area contributed by atoms with Crippen LogP contribution >= 0.6 is 11.3 Å². The Kier molecular flexibility index (Phi) is 6.18. The van der Waals surface area contributed by atoms with Crippen molar-refractivity contribution in [2.24, 2.45) is 11.7 Å². The molecule has 0 aliphatic carbocycles. The summed E-state index contributed by atoms with van der Waals surface area (Å²) in [4.78, 5) is 16.6. The maximum absolute atomic E-state index is 6.58. The number of anilines is 1. The average molecular weight is 402 g/mol. The highest BCUT2D eigenvalue weighted by molar-refractivity contribution is 7.18. The Morgan fingerprint density at radius 2 is 1.89 bits per heavy atom. The molecular weight excluding hydrogens is 366 g/mol. The van der Waals surface area contributed by atoms with Gasteiger partial charge in [0.1, 0.15) is 17.0 Å². The Morgan fingerprint density at radius 1 is 1.11 bits per heavy atom. The van der Waals surface area contributed by atoms with Gasteiger partial charge in [-0.25, -0.2) is 9.97 Å². The van der Waals surface area contributed by atoms with Gasteiger partial charge in [0.25, 0.3) is 0 Å². The zero-order valence-electron chi connectivity index (χ0n) is 17.7. The fourth-order valence-corrected chi connectivity index (χ4v) is 6.09. The number of nitrogens with two attached hydrogens (primary N) is 1. The van der Waals surface area contributed by atoms with E-state index in [0.717, 1.165) is 36.1 Å². The molecular formula is C22H35N5S. The average Bonchev–Trinajstić information content (AvgIpc) is 2.98. The molecule has 0 bridgehead atoms. The number of aryl methyl sites for hydroxylation is 2. The first-order valence-corrected chi connectivity index (χ1v) is 11.8. The van der Waals surface area contributed by atoms with Gasteiger partial charge in [0.05, 0.1) is 5.39 Å². The van der Waals surface area contributed by atoms with Crippen LogP contribution in [-0.2, 0) is 0 Å². The van der Waals surface area contributed by atoms with Crippen LogP contribution in [0, 0.1) is 19.8 Å². The smallest absolute Gasteiger partial charge is 0.141 e. The first-order valence-electron chi connectivity index (χ1n) is 10.9. The molecule has 2 atom stereocenters. The van der Waals surface area contributed by atoms with Crippen molar-refractivity contribution in [3.05, 3.63) is 16.8 Å². The van der Waals surface area contributed by atoms with Crippen LogP contribution in [0.5, 0.6) is 0 Å². The molecule has 2 aliphatic rings. The molecule has 2 aromatic rings. The SMILES string of the molecule is Cc1sc2ncnc(N3CCC(CC(N)CC4CCCCN4C)CC3)c2c1C. The van der Waals surface area contributed by atoms with Gasteiger partial charge in [0.2, 0.25) is 0 Å². The molecule has 0 spiro atoms. The molecule has 6 heteroatoms. The predicted octanol–water partition coefficient (Wildman–Crippen LogP) is 4.12. The van der Waals surface area contributed by atoms with Gasteiger partial charge >= 0.3 is 0 Å². The first kappa shape index (κ1) is 20.0. The summed E-state index contributed by atoms with van der Waals surface area (Å²) in [6.07, 6.45) is 10.6. The first-order chi connectivity index (χ1) is 13.5.